The van der Waals surface area contributed by atoms with E-state index < -0.39 is 109 Å². The van der Waals surface area contributed by atoms with Gasteiger partial charge in [-0.15, -0.1) is 37.3 Å². The standard InChI is InChI=1S/C44H37ClN10O20S8/c1-20-10-30(51-53-38-22(3)27(19-46)42-47-39-32(55(42)43(38)56)12-23(45)13-36(39)82(69,70)71)33(75-6-4-8-78(57,58)59)17-28(20)49-52-31-11-21(2)29(18-34(31)76-7-5-9-79(60,61)62)50-54-44-48-40-37(83(72,73)74)16-25-26(41(40)77-44)14-24(80(63,64)65)15-35(25)81(66,67)68/h10-18,56H,4-9H2,1-3H3,(H,57,58,59)(H,60,61,62)(H,63,64,65)(H,66,67,68)(H,69,70,71)(H,72,73,74). The average molecular weight is 1320 g/mol. The number of hydrogen-bond acceptors (Lipinski definition) is 25. The fourth-order valence-electron chi connectivity index (χ4n) is 7.99. The molecule has 8 rings (SSSR count). The first-order valence-electron chi connectivity index (χ1n) is 22.7. The van der Waals surface area contributed by atoms with Gasteiger partial charge in [0, 0.05) is 32.3 Å². The van der Waals surface area contributed by atoms with E-state index in [1.807, 2.05) is 6.07 Å². The van der Waals surface area contributed by atoms with Crippen LogP contribution in [-0.4, -0.2) is 121 Å². The van der Waals surface area contributed by atoms with Gasteiger partial charge in [-0.25, -0.2) is 9.97 Å². The third-order valence-electron chi connectivity index (χ3n) is 11.7. The topological polar surface area (TPSA) is 484 Å². The van der Waals surface area contributed by atoms with Crippen molar-refractivity contribution >= 4 is 167 Å². The maximum Gasteiger partial charge on any atom is 0.296 e. The first kappa shape index (κ1) is 62.2. The van der Waals surface area contributed by atoms with Gasteiger partial charge in [0.15, 0.2) is 11.3 Å². The van der Waals surface area contributed by atoms with Crippen molar-refractivity contribution in [1.29, 1.82) is 5.26 Å². The Balaban J connectivity index is 1.20. The highest BCUT2D eigenvalue weighted by Crippen LogP contribution is 2.45. The number of fused-ring (bicyclic) bond motifs is 6. The first-order chi connectivity index (χ1) is 38.4. The number of nitriles is 1. The summed E-state index contributed by atoms with van der Waals surface area (Å²) in [4.78, 5) is 4.78. The van der Waals surface area contributed by atoms with Gasteiger partial charge in [-0.05, 0) is 99.0 Å². The summed E-state index contributed by atoms with van der Waals surface area (Å²) in [5.41, 5.74) is -0.828. The lowest BCUT2D eigenvalue weighted by Crippen LogP contribution is -2.08. The zero-order valence-electron chi connectivity index (χ0n) is 42.0. The number of azo groups is 3. The van der Waals surface area contributed by atoms with Gasteiger partial charge < -0.3 is 9.84 Å². The number of imidazole rings is 1. The molecular weight excluding hydrogens is 1280 g/mol. The Morgan fingerprint density at radius 3 is 1.83 bits per heavy atom. The van der Waals surface area contributed by atoms with Gasteiger partial charge in [0.2, 0.25) is 11.0 Å². The van der Waals surface area contributed by atoms with Gasteiger partial charge in [-0.1, -0.05) is 22.9 Å². The Bertz CT molecular complexity index is 4950. The van der Waals surface area contributed by atoms with Crippen LogP contribution in [0.25, 0.3) is 37.7 Å². The summed E-state index contributed by atoms with van der Waals surface area (Å²) in [5, 5.41) is 46.0. The summed E-state index contributed by atoms with van der Waals surface area (Å²) in [6.45, 7) is 4.17. The summed E-state index contributed by atoms with van der Waals surface area (Å²) in [6.07, 6.45) is -0.305. The Labute approximate surface area is 482 Å². The minimum absolute atomic E-state index is 0.0151. The molecule has 0 saturated carbocycles. The fraction of sp³-hybridized carbons (Fsp3) is 0.205. The molecule has 7 N–H and O–H groups in total. The van der Waals surface area contributed by atoms with E-state index in [2.05, 4.69) is 40.7 Å². The third kappa shape index (κ3) is 13.9. The van der Waals surface area contributed by atoms with E-state index in [1.165, 1.54) is 37.3 Å². The number of halogens is 1. The molecule has 0 bridgehead atoms. The minimum atomic E-state index is -5.32. The van der Waals surface area contributed by atoms with E-state index in [9.17, 15) is 88.2 Å². The first-order valence-corrected chi connectivity index (χ1v) is 33.9. The number of thioether (sulfide) groups is 1. The molecule has 0 radical (unpaired) electrons. The number of benzene rings is 5. The molecule has 30 nitrogen and oxygen atoms in total. The monoisotopic (exact) mass is 1320 g/mol. The Morgan fingerprint density at radius 1 is 0.639 bits per heavy atom. The van der Waals surface area contributed by atoms with Crippen molar-refractivity contribution in [2.24, 2.45) is 30.7 Å². The molecule has 8 aromatic rings. The minimum Gasteiger partial charge on any atom is -0.493 e. The second-order valence-electron chi connectivity index (χ2n) is 17.6. The number of rotatable bonds is 20. The number of pyridine rings is 1. The van der Waals surface area contributed by atoms with Crippen molar-refractivity contribution in [2.75, 3.05) is 23.9 Å². The molecule has 0 saturated heterocycles. The number of aryl methyl sites for hydroxylation is 2. The van der Waals surface area contributed by atoms with Gasteiger partial charge >= 0.3 is 0 Å². The van der Waals surface area contributed by atoms with Crippen molar-refractivity contribution in [3.8, 4) is 17.7 Å². The van der Waals surface area contributed by atoms with Gasteiger partial charge in [-0.3, -0.25) is 31.7 Å². The van der Waals surface area contributed by atoms with Crippen LogP contribution in [0.15, 0.2) is 110 Å². The molecule has 0 fully saturated rings. The van der Waals surface area contributed by atoms with E-state index in [-0.39, 0.29) is 112 Å². The molecule has 0 aliphatic rings. The molecule has 39 heteroatoms. The highest BCUT2D eigenvalue weighted by atomic mass is 35.5. The lowest BCUT2D eigenvalue weighted by atomic mass is 10.1. The van der Waals surface area contributed by atoms with Crippen LogP contribution in [-0.2, 0) is 60.7 Å². The Hall–Kier alpha value is -6.81. The van der Waals surface area contributed by atoms with E-state index in [4.69, 9.17) is 16.3 Å². The van der Waals surface area contributed by atoms with Crippen molar-refractivity contribution in [2.45, 2.75) is 58.1 Å². The fourth-order valence-corrected chi connectivity index (χ4v) is 14.0. The molecule has 0 spiro atoms. The lowest BCUT2D eigenvalue weighted by Gasteiger charge is -2.12. The lowest BCUT2D eigenvalue weighted by molar-refractivity contribution is 0.317. The highest BCUT2D eigenvalue weighted by molar-refractivity contribution is 7.99. The van der Waals surface area contributed by atoms with Gasteiger partial charge in [0.05, 0.1) is 50.3 Å². The van der Waals surface area contributed by atoms with E-state index in [1.54, 1.807) is 13.8 Å². The smallest absolute Gasteiger partial charge is 0.296 e. The number of hydrogen-bond donors (Lipinski definition) is 7. The number of aromatic nitrogens is 3. The van der Waals surface area contributed by atoms with Crippen LogP contribution < -0.4 is 4.74 Å². The molecule has 0 atom stereocenters. The molecular formula is C44H37ClN10O20S8. The molecule has 0 amide bonds. The zero-order chi connectivity index (χ0) is 61.1. The van der Waals surface area contributed by atoms with Crippen LogP contribution in [0.5, 0.6) is 11.6 Å². The SMILES string of the molecule is Cc1cc(N=Nc2cc(OCCCS(=O)(=O)O)c(N=Nc3c(C)c(C#N)c4nc5c(S(=O)(=O)O)cc(Cl)cc5n4c3O)cc2C)c(SCCCS(=O)(=O)O)cc1N=Nc1nc2c(S(=O)(=O)O)cc3c(S(=O)(=O)O)cc(S(=O)(=O)O)cc3c2s1. The number of nitrogens with zero attached hydrogens (tertiary/aromatic N) is 10. The molecule has 3 heterocycles. The number of thiazole rings is 1. The van der Waals surface area contributed by atoms with E-state index >= 15 is 0 Å². The molecule has 83 heavy (non-hydrogen) atoms. The second kappa shape index (κ2) is 23.0. The highest BCUT2D eigenvalue weighted by Gasteiger charge is 2.29. The zero-order valence-corrected chi connectivity index (χ0v) is 49.3. The van der Waals surface area contributed by atoms with Gasteiger partial charge in [-0.2, -0.15) is 60.9 Å². The molecule has 438 valence electrons. The van der Waals surface area contributed by atoms with E-state index in [0.29, 0.717) is 34.6 Å². The van der Waals surface area contributed by atoms with Crippen LogP contribution in [0.3, 0.4) is 0 Å². The Morgan fingerprint density at radius 2 is 1.22 bits per heavy atom. The second-order valence-corrected chi connectivity index (χ2v) is 28.9. The summed E-state index contributed by atoms with van der Waals surface area (Å²) >= 11 is 7.76. The maximum absolute atomic E-state index is 12.6. The van der Waals surface area contributed by atoms with Crippen molar-refractivity contribution in [3.05, 3.63) is 81.9 Å². The summed E-state index contributed by atoms with van der Waals surface area (Å²) in [5.74, 6) is -2.09. The molecule has 3 aromatic heterocycles. The van der Waals surface area contributed by atoms with Gasteiger partial charge in [0.25, 0.3) is 60.7 Å². The van der Waals surface area contributed by atoms with Crippen LogP contribution in [0.2, 0.25) is 5.02 Å². The van der Waals surface area contributed by atoms with Crippen LogP contribution in [0.4, 0.5) is 33.6 Å². The third-order valence-corrected chi connectivity index (χ3v) is 19.1. The quantitative estimate of drug-likeness (QED) is 0.0161. The van der Waals surface area contributed by atoms with Crippen LogP contribution in [0, 0.1) is 32.1 Å². The largest absolute Gasteiger partial charge is 0.493 e. The molecule has 0 aliphatic carbocycles. The predicted molar refractivity (Wildman–Crippen MR) is 298 cm³/mol. The maximum atomic E-state index is 12.6. The summed E-state index contributed by atoms with van der Waals surface area (Å²) < 4.78 is 210. The Kier molecular flexibility index (Phi) is 17.2. The van der Waals surface area contributed by atoms with Crippen LogP contribution in [0.1, 0.15) is 35.1 Å². The molecule has 5 aromatic carbocycles. The predicted octanol–water partition coefficient (Wildman–Crippen LogP) is 9.67. The van der Waals surface area contributed by atoms with Crippen molar-refractivity contribution < 1.29 is 87.7 Å². The average Bonchev–Trinajstić information content (AvgIpc) is 1.92. The molecule has 0 unspecified atom stereocenters. The molecule has 0 aliphatic heterocycles. The van der Waals surface area contributed by atoms with Crippen LogP contribution >= 0.6 is 34.7 Å². The van der Waals surface area contributed by atoms with Crippen molar-refractivity contribution in [3.63, 3.8) is 0 Å². The number of aromatic hydroxyl groups is 1. The van der Waals surface area contributed by atoms with E-state index in [0.717, 1.165) is 28.3 Å². The summed E-state index contributed by atoms with van der Waals surface area (Å²) in [6, 6.07) is 11.5. The number of ether oxygens (including phenoxy) is 1. The van der Waals surface area contributed by atoms with Crippen molar-refractivity contribution in [1.82, 2.24) is 14.4 Å². The van der Waals surface area contributed by atoms with Gasteiger partial charge in [0.1, 0.15) is 48.8 Å². The summed E-state index contributed by atoms with van der Waals surface area (Å²) in [7, 11) is -29.4. The normalized spacial score (nSPS) is 13.3.